The summed E-state index contributed by atoms with van der Waals surface area (Å²) in [7, 11) is 0. The zero-order chi connectivity index (χ0) is 10.8. The minimum atomic E-state index is 0.103. The number of hydrogen-bond donors (Lipinski definition) is 1. The van der Waals surface area contributed by atoms with Gasteiger partial charge in [-0.15, -0.1) is 0 Å². The van der Waals surface area contributed by atoms with Crippen LogP contribution in [0.1, 0.15) is 25.1 Å². The van der Waals surface area contributed by atoms with Crippen molar-refractivity contribution in [3.63, 3.8) is 0 Å². The van der Waals surface area contributed by atoms with Crippen molar-refractivity contribution in [3.8, 4) is 0 Å². The molecular weight excluding hydrogens is 256 g/mol. The maximum absolute atomic E-state index is 9.28. The number of rotatable bonds is 3. The lowest BCUT2D eigenvalue weighted by atomic mass is 10.1. The molecule has 1 atom stereocenters. The summed E-state index contributed by atoms with van der Waals surface area (Å²) in [6.45, 7) is 2.19. The third-order valence-corrected chi connectivity index (χ3v) is 3.19. The molecule has 1 unspecified atom stereocenters. The van der Waals surface area contributed by atoms with Crippen molar-refractivity contribution in [2.75, 3.05) is 6.61 Å². The van der Waals surface area contributed by atoms with E-state index in [9.17, 15) is 5.11 Å². The summed E-state index contributed by atoms with van der Waals surface area (Å²) in [5.41, 5.74) is 1.04. The van der Waals surface area contributed by atoms with Gasteiger partial charge in [-0.2, -0.15) is 0 Å². The van der Waals surface area contributed by atoms with E-state index in [1.807, 2.05) is 28.8 Å². The Morgan fingerprint density at radius 3 is 3.00 bits per heavy atom. The fourth-order valence-electron chi connectivity index (χ4n) is 1.70. The van der Waals surface area contributed by atoms with Gasteiger partial charge in [0.05, 0.1) is 12.1 Å². The molecule has 0 spiro atoms. The SMILES string of the molecule is CCC(CO)c1nc(Br)c2ccccn12. The number of aliphatic hydroxyl groups excluding tert-OH is 1. The van der Waals surface area contributed by atoms with Crippen molar-refractivity contribution in [2.45, 2.75) is 19.3 Å². The van der Waals surface area contributed by atoms with E-state index in [0.29, 0.717) is 0 Å². The van der Waals surface area contributed by atoms with Crippen LogP contribution in [0, 0.1) is 0 Å². The zero-order valence-electron chi connectivity index (χ0n) is 8.52. The Kier molecular flexibility index (Phi) is 3.07. The Balaban J connectivity index is 2.61. The molecule has 0 amide bonds. The van der Waals surface area contributed by atoms with Gasteiger partial charge in [-0.05, 0) is 34.5 Å². The van der Waals surface area contributed by atoms with Crippen LogP contribution in [0.5, 0.6) is 0 Å². The first-order valence-corrected chi connectivity index (χ1v) is 5.80. The summed E-state index contributed by atoms with van der Waals surface area (Å²) < 4.78 is 2.86. The summed E-state index contributed by atoms with van der Waals surface area (Å²) in [4.78, 5) is 4.45. The van der Waals surface area contributed by atoms with E-state index in [1.165, 1.54) is 0 Å². The van der Waals surface area contributed by atoms with Gasteiger partial charge in [0.1, 0.15) is 10.4 Å². The predicted molar refractivity (Wildman–Crippen MR) is 63.0 cm³/mol. The first kappa shape index (κ1) is 10.6. The number of halogens is 1. The van der Waals surface area contributed by atoms with Gasteiger partial charge in [-0.1, -0.05) is 13.0 Å². The number of aromatic nitrogens is 2. The molecule has 0 radical (unpaired) electrons. The van der Waals surface area contributed by atoms with Crippen molar-refractivity contribution in [2.24, 2.45) is 0 Å². The average molecular weight is 269 g/mol. The monoisotopic (exact) mass is 268 g/mol. The fourth-order valence-corrected chi connectivity index (χ4v) is 2.21. The maximum atomic E-state index is 9.28. The van der Waals surface area contributed by atoms with Crippen molar-refractivity contribution in [1.29, 1.82) is 0 Å². The molecule has 0 aromatic carbocycles. The van der Waals surface area contributed by atoms with Gasteiger partial charge in [0.25, 0.3) is 0 Å². The summed E-state index contributed by atoms with van der Waals surface area (Å²) in [6.07, 6.45) is 2.86. The third-order valence-electron chi connectivity index (χ3n) is 2.61. The standard InChI is InChI=1S/C11H13BrN2O/c1-2-8(7-15)11-13-10(12)9-5-3-4-6-14(9)11/h3-6,8,15H,2,7H2,1H3. The molecule has 4 heteroatoms. The summed E-state index contributed by atoms with van der Waals surface area (Å²) in [5.74, 6) is 1.02. The lowest BCUT2D eigenvalue weighted by Crippen LogP contribution is -2.07. The van der Waals surface area contributed by atoms with E-state index < -0.39 is 0 Å². The van der Waals surface area contributed by atoms with Gasteiger partial charge in [0, 0.05) is 12.1 Å². The molecule has 2 heterocycles. The van der Waals surface area contributed by atoms with Crippen molar-refractivity contribution >= 4 is 21.4 Å². The Morgan fingerprint density at radius 2 is 2.33 bits per heavy atom. The van der Waals surface area contributed by atoms with Crippen LogP contribution in [0.2, 0.25) is 0 Å². The molecule has 2 aromatic heterocycles. The molecule has 0 fully saturated rings. The minimum absolute atomic E-state index is 0.103. The molecule has 0 aliphatic rings. The Bertz CT molecular complexity index is 463. The van der Waals surface area contributed by atoms with Gasteiger partial charge in [0.2, 0.25) is 0 Å². The van der Waals surface area contributed by atoms with Crippen LogP contribution in [-0.2, 0) is 0 Å². The Morgan fingerprint density at radius 1 is 1.53 bits per heavy atom. The highest BCUT2D eigenvalue weighted by Crippen LogP contribution is 2.24. The zero-order valence-corrected chi connectivity index (χ0v) is 10.1. The van der Waals surface area contributed by atoms with Crippen LogP contribution in [-0.4, -0.2) is 21.1 Å². The smallest absolute Gasteiger partial charge is 0.132 e. The number of fused-ring (bicyclic) bond motifs is 1. The van der Waals surface area contributed by atoms with Gasteiger partial charge in [-0.3, -0.25) is 0 Å². The number of aliphatic hydroxyl groups is 1. The molecule has 15 heavy (non-hydrogen) atoms. The minimum Gasteiger partial charge on any atom is -0.396 e. The lowest BCUT2D eigenvalue weighted by molar-refractivity contribution is 0.257. The summed E-state index contributed by atoms with van der Waals surface area (Å²) in [6, 6.07) is 5.95. The van der Waals surface area contributed by atoms with E-state index in [4.69, 9.17) is 0 Å². The largest absolute Gasteiger partial charge is 0.396 e. The molecule has 0 aliphatic heterocycles. The second-order valence-electron chi connectivity index (χ2n) is 3.50. The molecule has 0 bridgehead atoms. The van der Waals surface area contributed by atoms with E-state index in [0.717, 1.165) is 22.4 Å². The highest BCUT2D eigenvalue weighted by Gasteiger charge is 2.16. The van der Waals surface area contributed by atoms with Crippen LogP contribution >= 0.6 is 15.9 Å². The number of imidazole rings is 1. The lowest BCUT2D eigenvalue weighted by Gasteiger charge is -2.09. The average Bonchev–Trinajstić information content (AvgIpc) is 2.60. The molecule has 80 valence electrons. The second kappa shape index (κ2) is 4.33. The van der Waals surface area contributed by atoms with E-state index in [1.54, 1.807) is 0 Å². The van der Waals surface area contributed by atoms with Gasteiger partial charge in [-0.25, -0.2) is 4.98 Å². The molecule has 2 aromatic rings. The molecule has 1 N–H and O–H groups in total. The summed E-state index contributed by atoms with van der Waals surface area (Å²) >= 11 is 3.43. The van der Waals surface area contributed by atoms with E-state index >= 15 is 0 Å². The van der Waals surface area contributed by atoms with Crippen molar-refractivity contribution in [3.05, 3.63) is 34.8 Å². The second-order valence-corrected chi connectivity index (χ2v) is 4.26. The first-order valence-electron chi connectivity index (χ1n) is 5.01. The highest BCUT2D eigenvalue weighted by atomic mass is 79.9. The van der Waals surface area contributed by atoms with Crippen LogP contribution in [0.25, 0.3) is 5.52 Å². The predicted octanol–water partition coefficient (Wildman–Crippen LogP) is 2.58. The quantitative estimate of drug-likeness (QED) is 0.929. The van der Waals surface area contributed by atoms with E-state index in [-0.39, 0.29) is 12.5 Å². The molecule has 3 nitrogen and oxygen atoms in total. The molecule has 0 saturated carbocycles. The van der Waals surface area contributed by atoms with Crippen molar-refractivity contribution < 1.29 is 5.11 Å². The molecular formula is C11H13BrN2O. The van der Waals surface area contributed by atoms with Gasteiger partial charge < -0.3 is 9.51 Å². The number of hydrogen-bond acceptors (Lipinski definition) is 2. The van der Waals surface area contributed by atoms with Crippen LogP contribution in [0.3, 0.4) is 0 Å². The fraction of sp³-hybridized carbons (Fsp3) is 0.364. The third kappa shape index (κ3) is 1.79. The number of nitrogens with zero attached hydrogens (tertiary/aromatic N) is 2. The summed E-state index contributed by atoms with van der Waals surface area (Å²) in [5, 5.41) is 9.28. The number of pyridine rings is 1. The molecule has 0 saturated heterocycles. The van der Waals surface area contributed by atoms with Crippen LogP contribution < -0.4 is 0 Å². The van der Waals surface area contributed by atoms with E-state index in [2.05, 4.69) is 27.8 Å². The van der Waals surface area contributed by atoms with Gasteiger partial charge >= 0.3 is 0 Å². The highest BCUT2D eigenvalue weighted by molar-refractivity contribution is 9.10. The maximum Gasteiger partial charge on any atom is 0.132 e. The van der Waals surface area contributed by atoms with Crippen LogP contribution in [0.4, 0.5) is 0 Å². The Hall–Kier alpha value is -0.870. The van der Waals surface area contributed by atoms with Crippen LogP contribution in [0.15, 0.2) is 29.0 Å². The molecule has 2 rings (SSSR count). The molecule has 0 aliphatic carbocycles. The topological polar surface area (TPSA) is 37.5 Å². The van der Waals surface area contributed by atoms with Gasteiger partial charge in [0.15, 0.2) is 0 Å². The van der Waals surface area contributed by atoms with Crippen molar-refractivity contribution in [1.82, 2.24) is 9.38 Å². The normalized spacial score (nSPS) is 13.3. The Labute approximate surface area is 96.9 Å². The first-order chi connectivity index (χ1) is 7.27.